The van der Waals surface area contributed by atoms with E-state index in [4.69, 9.17) is 21.1 Å². The van der Waals surface area contributed by atoms with Crippen molar-refractivity contribution in [1.29, 1.82) is 0 Å². The molecule has 146 valence electrons. The van der Waals surface area contributed by atoms with Gasteiger partial charge in [-0.15, -0.1) is 0 Å². The van der Waals surface area contributed by atoms with Gasteiger partial charge < -0.3 is 20.1 Å². The summed E-state index contributed by atoms with van der Waals surface area (Å²) in [6.07, 6.45) is 5.39. The lowest BCUT2D eigenvalue weighted by Crippen LogP contribution is -2.37. The Balaban J connectivity index is 1.51. The second kappa shape index (κ2) is 8.58. The van der Waals surface area contributed by atoms with Crippen LogP contribution < -0.4 is 20.1 Å². The van der Waals surface area contributed by atoms with Crippen LogP contribution >= 0.6 is 11.6 Å². The van der Waals surface area contributed by atoms with Crippen molar-refractivity contribution >= 4 is 28.2 Å². The molecule has 1 saturated heterocycles. The van der Waals surface area contributed by atoms with Gasteiger partial charge in [-0.25, -0.2) is 14.4 Å². The molecule has 0 radical (unpaired) electrons. The number of piperidine rings is 1. The van der Waals surface area contributed by atoms with Gasteiger partial charge in [-0.3, -0.25) is 0 Å². The summed E-state index contributed by atoms with van der Waals surface area (Å²) in [7, 11) is 0. The molecule has 0 bridgehead atoms. The molecule has 1 fully saturated rings. The van der Waals surface area contributed by atoms with Crippen LogP contribution in [0.1, 0.15) is 12.8 Å². The second-order valence-electron chi connectivity index (χ2n) is 6.56. The maximum Gasteiger partial charge on any atom is 0.166 e. The van der Waals surface area contributed by atoms with Crippen LogP contribution in [0.3, 0.4) is 0 Å². The molecule has 8 heteroatoms. The predicted molar refractivity (Wildman–Crippen MR) is 107 cm³/mol. The minimum atomic E-state index is -0.459. The zero-order valence-corrected chi connectivity index (χ0v) is 15.9. The zero-order chi connectivity index (χ0) is 19.3. The van der Waals surface area contributed by atoms with Gasteiger partial charge >= 0.3 is 0 Å². The van der Waals surface area contributed by atoms with Crippen molar-refractivity contribution in [2.45, 2.75) is 18.9 Å². The number of nitrogens with one attached hydrogen (secondary N) is 2. The zero-order valence-electron chi connectivity index (χ0n) is 15.1. The minimum absolute atomic E-state index is 0.0567. The number of fused-ring (bicyclic) bond motifs is 1. The molecule has 1 aliphatic heterocycles. The fraction of sp³-hybridized carbons (Fsp3) is 0.300. The van der Waals surface area contributed by atoms with Gasteiger partial charge in [0.15, 0.2) is 18.2 Å². The molecule has 2 heterocycles. The Morgan fingerprint density at radius 1 is 1.25 bits per heavy atom. The molecule has 0 amide bonds. The highest BCUT2D eigenvalue weighted by atomic mass is 35.5. The average Bonchev–Trinajstić information content (AvgIpc) is 2.72. The molecule has 2 N–H and O–H groups in total. The smallest absolute Gasteiger partial charge is 0.166 e. The third-order valence-electron chi connectivity index (χ3n) is 4.54. The van der Waals surface area contributed by atoms with Crippen LogP contribution in [0.4, 0.5) is 10.1 Å². The second-order valence-corrected chi connectivity index (χ2v) is 6.97. The molecule has 4 rings (SSSR count). The van der Waals surface area contributed by atoms with E-state index in [9.17, 15) is 4.39 Å². The SMILES string of the molecule is Fc1ccc(NCOc2cc3ncncc3cc2OC2CCCNC2)cc1Cl. The number of nitrogens with zero attached hydrogens (tertiary/aromatic N) is 2. The summed E-state index contributed by atoms with van der Waals surface area (Å²) in [5.74, 6) is 0.770. The van der Waals surface area contributed by atoms with Crippen LogP contribution in [0.5, 0.6) is 11.5 Å². The van der Waals surface area contributed by atoms with E-state index in [1.165, 1.54) is 18.5 Å². The van der Waals surface area contributed by atoms with Crippen LogP contribution in [0.2, 0.25) is 5.02 Å². The van der Waals surface area contributed by atoms with Crippen molar-refractivity contribution in [3.63, 3.8) is 0 Å². The topological polar surface area (TPSA) is 68.3 Å². The van der Waals surface area contributed by atoms with Crippen molar-refractivity contribution in [3.8, 4) is 11.5 Å². The Hall–Kier alpha value is -2.64. The summed E-state index contributed by atoms with van der Waals surface area (Å²) in [6, 6.07) is 8.15. The predicted octanol–water partition coefficient (Wildman–Crippen LogP) is 4.00. The number of hydrogen-bond donors (Lipinski definition) is 2. The third-order valence-corrected chi connectivity index (χ3v) is 4.83. The number of ether oxygens (including phenoxy) is 2. The Morgan fingerprint density at radius 3 is 3.00 bits per heavy atom. The molecule has 28 heavy (non-hydrogen) atoms. The highest BCUT2D eigenvalue weighted by Crippen LogP contribution is 2.33. The molecule has 0 saturated carbocycles. The van der Waals surface area contributed by atoms with Crippen LogP contribution in [0.25, 0.3) is 10.9 Å². The number of anilines is 1. The van der Waals surface area contributed by atoms with Crippen molar-refractivity contribution in [2.75, 3.05) is 25.1 Å². The van der Waals surface area contributed by atoms with E-state index in [-0.39, 0.29) is 17.9 Å². The van der Waals surface area contributed by atoms with Crippen molar-refractivity contribution < 1.29 is 13.9 Å². The fourth-order valence-corrected chi connectivity index (χ4v) is 3.28. The number of rotatable bonds is 6. The molecule has 1 aromatic heterocycles. The standard InChI is InChI=1S/C20H20ClFN4O2/c21-16-7-14(3-4-17(16)22)26-12-27-19-8-18-13(9-24-11-25-18)6-20(19)28-15-2-1-5-23-10-15/h3-4,6-9,11,15,23,26H,1-2,5,10,12H2. The lowest BCUT2D eigenvalue weighted by Gasteiger charge is -2.25. The van der Waals surface area contributed by atoms with Gasteiger partial charge in [0.05, 0.1) is 10.5 Å². The van der Waals surface area contributed by atoms with Gasteiger partial charge in [-0.1, -0.05) is 11.6 Å². The highest BCUT2D eigenvalue weighted by molar-refractivity contribution is 6.31. The summed E-state index contributed by atoms with van der Waals surface area (Å²) in [5.41, 5.74) is 1.43. The van der Waals surface area contributed by atoms with Gasteiger partial charge in [0.2, 0.25) is 0 Å². The van der Waals surface area contributed by atoms with E-state index in [0.29, 0.717) is 17.2 Å². The number of benzene rings is 2. The maximum atomic E-state index is 13.3. The van der Waals surface area contributed by atoms with E-state index in [1.807, 2.05) is 12.1 Å². The van der Waals surface area contributed by atoms with E-state index in [2.05, 4.69) is 20.6 Å². The molecule has 0 aliphatic carbocycles. The largest absolute Gasteiger partial charge is 0.485 e. The third kappa shape index (κ3) is 4.43. The molecule has 0 spiro atoms. The molecular weight excluding hydrogens is 383 g/mol. The monoisotopic (exact) mass is 402 g/mol. The van der Waals surface area contributed by atoms with Crippen molar-refractivity contribution in [1.82, 2.24) is 15.3 Å². The summed E-state index contributed by atoms with van der Waals surface area (Å²) in [5, 5.41) is 7.34. The van der Waals surface area contributed by atoms with Gasteiger partial charge in [0.1, 0.15) is 18.2 Å². The first-order valence-electron chi connectivity index (χ1n) is 9.12. The van der Waals surface area contributed by atoms with Gasteiger partial charge in [0, 0.05) is 29.9 Å². The normalized spacial score (nSPS) is 16.7. The van der Waals surface area contributed by atoms with E-state index < -0.39 is 5.82 Å². The molecule has 2 aromatic carbocycles. The summed E-state index contributed by atoms with van der Waals surface area (Å²) >= 11 is 5.81. The van der Waals surface area contributed by atoms with Crippen LogP contribution in [-0.2, 0) is 0 Å². The first-order valence-corrected chi connectivity index (χ1v) is 9.50. The van der Waals surface area contributed by atoms with E-state index in [1.54, 1.807) is 12.3 Å². The number of halogens is 2. The Bertz CT molecular complexity index is 966. The molecule has 1 atom stereocenters. The van der Waals surface area contributed by atoms with Crippen LogP contribution in [0, 0.1) is 5.82 Å². The highest BCUT2D eigenvalue weighted by Gasteiger charge is 2.18. The summed E-state index contributed by atoms with van der Waals surface area (Å²) in [6.45, 7) is 1.98. The van der Waals surface area contributed by atoms with Crippen molar-refractivity contribution in [3.05, 3.63) is 53.7 Å². The number of aromatic nitrogens is 2. The van der Waals surface area contributed by atoms with Crippen LogP contribution in [-0.4, -0.2) is 35.9 Å². The van der Waals surface area contributed by atoms with Crippen molar-refractivity contribution in [2.24, 2.45) is 0 Å². The minimum Gasteiger partial charge on any atom is -0.485 e. The number of hydrogen-bond acceptors (Lipinski definition) is 6. The first-order chi connectivity index (χ1) is 13.7. The van der Waals surface area contributed by atoms with Gasteiger partial charge in [0.25, 0.3) is 0 Å². The average molecular weight is 403 g/mol. The lowest BCUT2D eigenvalue weighted by atomic mass is 10.1. The fourth-order valence-electron chi connectivity index (χ4n) is 3.10. The Kier molecular flexibility index (Phi) is 5.73. The van der Waals surface area contributed by atoms with Gasteiger partial charge in [-0.2, -0.15) is 0 Å². The molecule has 1 unspecified atom stereocenters. The van der Waals surface area contributed by atoms with E-state index in [0.717, 1.165) is 36.8 Å². The van der Waals surface area contributed by atoms with Gasteiger partial charge in [-0.05, 0) is 43.7 Å². The molecular formula is C20H20ClFN4O2. The first kappa shape index (κ1) is 18.7. The quantitative estimate of drug-likeness (QED) is 0.607. The summed E-state index contributed by atoms with van der Waals surface area (Å²) in [4.78, 5) is 8.35. The Labute approximate surface area is 167 Å². The lowest BCUT2D eigenvalue weighted by molar-refractivity contribution is 0.159. The summed E-state index contributed by atoms with van der Waals surface area (Å²) < 4.78 is 25.4. The Morgan fingerprint density at radius 2 is 2.18 bits per heavy atom. The van der Waals surface area contributed by atoms with E-state index >= 15 is 0 Å². The molecule has 6 nitrogen and oxygen atoms in total. The molecule has 1 aliphatic rings. The van der Waals surface area contributed by atoms with Crippen LogP contribution in [0.15, 0.2) is 42.9 Å². The maximum absolute atomic E-state index is 13.3. The molecule has 3 aromatic rings.